The maximum atomic E-state index is 13.1. The molecule has 0 radical (unpaired) electrons. The lowest BCUT2D eigenvalue weighted by Crippen LogP contribution is -2.30. The summed E-state index contributed by atoms with van der Waals surface area (Å²) in [5, 5.41) is 10.7. The molecular weight excluding hydrogens is 1350 g/mol. The number of rotatable bonds is 85. The normalized spacial score (nSPS) is 14.0. The topological polar surface area (TPSA) is 237 Å². The molecule has 0 amide bonds. The van der Waals surface area contributed by atoms with Crippen molar-refractivity contribution in [2.75, 3.05) is 39.6 Å². The molecular formula is C85H166O17P2. The summed E-state index contributed by atoms with van der Waals surface area (Å²) in [5.41, 5.74) is 0. The highest BCUT2D eigenvalue weighted by molar-refractivity contribution is 7.47. The van der Waals surface area contributed by atoms with Crippen LogP contribution >= 0.6 is 15.6 Å². The highest BCUT2D eigenvalue weighted by atomic mass is 31.2. The van der Waals surface area contributed by atoms with Crippen molar-refractivity contribution >= 4 is 39.5 Å². The molecule has 0 aromatic carbocycles. The Morgan fingerprint density at radius 1 is 0.269 bits per heavy atom. The monoisotopic (exact) mass is 1520 g/mol. The molecule has 3 N–H and O–H groups in total. The van der Waals surface area contributed by atoms with Crippen LogP contribution < -0.4 is 0 Å². The van der Waals surface area contributed by atoms with E-state index in [4.69, 9.17) is 37.0 Å². The zero-order valence-electron chi connectivity index (χ0n) is 68.2. The van der Waals surface area contributed by atoms with Gasteiger partial charge in [0, 0.05) is 25.7 Å². The van der Waals surface area contributed by atoms with Gasteiger partial charge in [0.05, 0.1) is 26.4 Å². The zero-order valence-corrected chi connectivity index (χ0v) is 70.0. The molecule has 0 saturated heterocycles. The average molecular weight is 1520 g/mol. The number of esters is 4. The summed E-state index contributed by atoms with van der Waals surface area (Å²) >= 11 is 0. The molecule has 0 aromatic rings. The minimum atomic E-state index is -4.96. The van der Waals surface area contributed by atoms with Crippen molar-refractivity contribution in [3.8, 4) is 0 Å². The number of unbranched alkanes of at least 4 members (excludes halogenated alkanes) is 56. The van der Waals surface area contributed by atoms with E-state index in [0.29, 0.717) is 25.7 Å². The fourth-order valence-corrected chi connectivity index (χ4v) is 14.8. The van der Waals surface area contributed by atoms with E-state index in [1.54, 1.807) is 0 Å². The maximum absolute atomic E-state index is 13.1. The molecule has 0 saturated carbocycles. The molecule has 19 heteroatoms. The van der Waals surface area contributed by atoms with Crippen LogP contribution in [0.15, 0.2) is 0 Å². The minimum absolute atomic E-state index is 0.109. The summed E-state index contributed by atoms with van der Waals surface area (Å²) in [5.74, 6) is -1.25. The quantitative estimate of drug-likeness (QED) is 0.0222. The van der Waals surface area contributed by atoms with E-state index >= 15 is 0 Å². The Morgan fingerprint density at radius 2 is 0.462 bits per heavy atom. The van der Waals surface area contributed by atoms with E-state index in [0.717, 1.165) is 95.8 Å². The second-order valence-corrected chi connectivity index (χ2v) is 33.7. The number of phosphoric acid groups is 2. The summed E-state index contributed by atoms with van der Waals surface area (Å²) < 4.78 is 68.8. The summed E-state index contributed by atoms with van der Waals surface area (Å²) in [7, 11) is -9.92. The van der Waals surface area contributed by atoms with Gasteiger partial charge >= 0.3 is 39.5 Å². The van der Waals surface area contributed by atoms with Gasteiger partial charge < -0.3 is 33.8 Å². The second-order valence-electron chi connectivity index (χ2n) is 30.8. The molecule has 0 spiro atoms. The van der Waals surface area contributed by atoms with Crippen molar-refractivity contribution in [3.63, 3.8) is 0 Å². The van der Waals surface area contributed by atoms with Crippen molar-refractivity contribution < 1.29 is 80.2 Å². The molecule has 0 aliphatic heterocycles. The Kier molecular flexibility index (Phi) is 76.3. The van der Waals surface area contributed by atoms with Gasteiger partial charge in [-0.25, -0.2) is 9.13 Å². The van der Waals surface area contributed by atoms with E-state index in [9.17, 15) is 43.2 Å². The van der Waals surface area contributed by atoms with Crippen molar-refractivity contribution in [3.05, 3.63) is 0 Å². The first-order valence-electron chi connectivity index (χ1n) is 44.2. The third kappa shape index (κ3) is 76.8. The summed E-state index contributed by atoms with van der Waals surface area (Å²) in [4.78, 5) is 73.1. The molecule has 104 heavy (non-hydrogen) atoms. The lowest BCUT2D eigenvalue weighted by molar-refractivity contribution is -0.161. The van der Waals surface area contributed by atoms with Crippen molar-refractivity contribution in [2.24, 2.45) is 5.92 Å². The summed E-state index contributed by atoms with van der Waals surface area (Å²) in [6, 6.07) is 0. The molecule has 6 atom stereocenters. The lowest BCUT2D eigenvalue weighted by Gasteiger charge is -2.21. The molecule has 0 fully saturated rings. The number of carbonyl (C=O) groups is 4. The Labute approximate surface area is 638 Å². The Bertz CT molecular complexity index is 1980. The van der Waals surface area contributed by atoms with Crippen LogP contribution in [0, 0.1) is 5.92 Å². The summed E-state index contributed by atoms with van der Waals surface area (Å²) in [6.45, 7) is 7.39. The fraction of sp³-hybridized carbons (Fsp3) is 0.953. The maximum Gasteiger partial charge on any atom is 0.472 e. The number of phosphoric ester groups is 2. The first-order chi connectivity index (χ1) is 50.6. The van der Waals surface area contributed by atoms with Gasteiger partial charge in [0.15, 0.2) is 12.2 Å². The van der Waals surface area contributed by atoms with Gasteiger partial charge in [-0.3, -0.25) is 37.3 Å². The van der Waals surface area contributed by atoms with Crippen LogP contribution in [0.1, 0.15) is 458 Å². The van der Waals surface area contributed by atoms with Crippen molar-refractivity contribution in [1.29, 1.82) is 0 Å². The van der Waals surface area contributed by atoms with Crippen LogP contribution in [-0.4, -0.2) is 96.7 Å². The molecule has 17 nitrogen and oxygen atoms in total. The van der Waals surface area contributed by atoms with E-state index in [-0.39, 0.29) is 25.7 Å². The van der Waals surface area contributed by atoms with Crippen LogP contribution in [0.4, 0.5) is 0 Å². The first kappa shape index (κ1) is 102. The van der Waals surface area contributed by atoms with E-state index in [1.807, 2.05) is 0 Å². The summed E-state index contributed by atoms with van der Waals surface area (Å²) in [6.07, 6.45) is 70.9. The predicted octanol–water partition coefficient (Wildman–Crippen LogP) is 26.0. The van der Waals surface area contributed by atoms with Crippen LogP contribution in [0.3, 0.4) is 0 Å². The molecule has 0 aliphatic rings. The fourth-order valence-electron chi connectivity index (χ4n) is 13.3. The number of hydrogen-bond acceptors (Lipinski definition) is 15. The molecule has 0 aliphatic carbocycles. The minimum Gasteiger partial charge on any atom is -0.462 e. The standard InChI is InChI=1S/C85H166O17P2/c1-6-10-13-16-19-22-24-26-28-30-32-33-35-37-43-47-51-56-61-66-71-85(90)102-81(75-96-83(88)69-64-59-54-49-45-41-39-38-40-44-48-52-57-62-67-78(5)9-4)77-100-104(93,94)98-73-79(86)72-97-103(91,92)99-76-80(74-95-82(87)68-63-58-53-21-18-15-12-8-3)101-84(89)70-65-60-55-50-46-42-36-34-31-29-27-25-23-20-17-14-11-7-2/h78-81,86H,6-77H2,1-5H3,(H,91,92)(H,93,94)/t78?,79-,80+,81+/m0/s1. The van der Waals surface area contributed by atoms with E-state index < -0.39 is 97.5 Å². The number of aliphatic hydroxyl groups excluding tert-OH is 1. The van der Waals surface area contributed by atoms with Gasteiger partial charge in [0.25, 0.3) is 0 Å². The third-order valence-electron chi connectivity index (χ3n) is 20.4. The van der Waals surface area contributed by atoms with Gasteiger partial charge in [-0.1, -0.05) is 407 Å². The SMILES string of the molecule is CCCCCCCCCCCCCCCCCCCCCCC(=O)O[C@H](COC(=O)CCCCCCCCCCCCCCCCC(C)CC)COP(=O)(O)OC[C@@H](O)COP(=O)(O)OC[C@@H](COC(=O)CCCCCCCCCC)OC(=O)CCCCCCCCCCCCCCCCCCCC. The zero-order chi connectivity index (χ0) is 76.2. The Hall–Kier alpha value is -1.94. The van der Waals surface area contributed by atoms with Gasteiger partial charge in [0.1, 0.15) is 19.3 Å². The van der Waals surface area contributed by atoms with Gasteiger partial charge in [-0.15, -0.1) is 0 Å². The number of aliphatic hydroxyl groups is 1. The Morgan fingerprint density at radius 3 is 0.683 bits per heavy atom. The van der Waals surface area contributed by atoms with Gasteiger partial charge in [-0.05, 0) is 31.6 Å². The average Bonchev–Trinajstić information content (AvgIpc) is 0.905. The molecule has 0 heterocycles. The van der Waals surface area contributed by atoms with Crippen LogP contribution in [-0.2, 0) is 65.4 Å². The van der Waals surface area contributed by atoms with Crippen molar-refractivity contribution in [2.45, 2.75) is 477 Å². The van der Waals surface area contributed by atoms with E-state index in [2.05, 4.69) is 34.6 Å². The number of carbonyl (C=O) groups excluding carboxylic acids is 4. The van der Waals surface area contributed by atoms with E-state index in [1.165, 1.54) is 283 Å². The molecule has 3 unspecified atom stereocenters. The molecule has 0 aromatic heterocycles. The Balaban J connectivity index is 5.19. The number of hydrogen-bond donors (Lipinski definition) is 3. The molecule has 0 rings (SSSR count). The van der Waals surface area contributed by atoms with Crippen LogP contribution in [0.25, 0.3) is 0 Å². The molecule has 618 valence electrons. The predicted molar refractivity (Wildman–Crippen MR) is 428 cm³/mol. The largest absolute Gasteiger partial charge is 0.472 e. The second kappa shape index (κ2) is 77.8. The van der Waals surface area contributed by atoms with Crippen LogP contribution in [0.5, 0.6) is 0 Å². The third-order valence-corrected chi connectivity index (χ3v) is 22.3. The van der Waals surface area contributed by atoms with Gasteiger partial charge in [-0.2, -0.15) is 0 Å². The number of ether oxygens (including phenoxy) is 4. The smallest absolute Gasteiger partial charge is 0.462 e. The lowest BCUT2D eigenvalue weighted by atomic mass is 9.99. The van der Waals surface area contributed by atoms with Crippen LogP contribution in [0.2, 0.25) is 0 Å². The highest BCUT2D eigenvalue weighted by Crippen LogP contribution is 2.45. The highest BCUT2D eigenvalue weighted by Gasteiger charge is 2.30. The van der Waals surface area contributed by atoms with Crippen molar-refractivity contribution in [1.82, 2.24) is 0 Å². The van der Waals surface area contributed by atoms with Gasteiger partial charge in [0.2, 0.25) is 0 Å². The molecule has 0 bridgehead atoms. The first-order valence-corrected chi connectivity index (χ1v) is 47.2.